The van der Waals surface area contributed by atoms with Crippen molar-refractivity contribution in [2.75, 3.05) is 13.2 Å². The molecule has 0 N–H and O–H groups in total. The Labute approximate surface area is 290 Å². The van der Waals surface area contributed by atoms with Crippen molar-refractivity contribution in [3.8, 4) is 0 Å². The lowest BCUT2D eigenvalue weighted by Crippen LogP contribution is -2.30. The van der Waals surface area contributed by atoms with Gasteiger partial charge in [-0.15, -0.1) is 0 Å². The highest BCUT2D eigenvalue weighted by molar-refractivity contribution is 5.71. The zero-order chi connectivity index (χ0) is 34.5. The minimum Gasteiger partial charge on any atom is -0.462 e. The maximum atomic E-state index is 12.6. The summed E-state index contributed by atoms with van der Waals surface area (Å²) >= 11 is 0. The zero-order valence-electron chi connectivity index (χ0n) is 31.0. The Kier molecular flexibility index (Phi) is 35.1. The van der Waals surface area contributed by atoms with Crippen LogP contribution in [-0.2, 0) is 28.6 Å². The van der Waals surface area contributed by atoms with Crippen LogP contribution >= 0.6 is 0 Å². The Morgan fingerprint density at radius 2 is 0.745 bits per heavy atom. The van der Waals surface area contributed by atoms with E-state index < -0.39 is 6.10 Å². The average Bonchev–Trinajstić information content (AvgIpc) is 3.06. The maximum absolute atomic E-state index is 12.6. The van der Waals surface area contributed by atoms with Gasteiger partial charge in [-0.05, 0) is 57.8 Å². The molecule has 0 amide bonds. The molecule has 47 heavy (non-hydrogen) atoms. The molecule has 0 bridgehead atoms. The highest BCUT2D eigenvalue weighted by Gasteiger charge is 2.19. The van der Waals surface area contributed by atoms with Crippen molar-refractivity contribution in [2.45, 2.75) is 207 Å². The van der Waals surface area contributed by atoms with Gasteiger partial charge in [-0.1, -0.05) is 148 Å². The van der Waals surface area contributed by atoms with Gasteiger partial charge in [-0.2, -0.15) is 0 Å². The Morgan fingerprint density at radius 3 is 1.21 bits per heavy atom. The smallest absolute Gasteiger partial charge is 0.306 e. The van der Waals surface area contributed by atoms with Gasteiger partial charge in [-0.25, -0.2) is 0 Å². The molecule has 1 unspecified atom stereocenters. The number of hydrogen-bond donors (Lipinski definition) is 0. The van der Waals surface area contributed by atoms with Crippen LogP contribution in [0.2, 0.25) is 0 Å². The van der Waals surface area contributed by atoms with Crippen LogP contribution in [0.5, 0.6) is 0 Å². The predicted molar refractivity (Wildman–Crippen MR) is 196 cm³/mol. The summed E-state index contributed by atoms with van der Waals surface area (Å²) in [6.45, 7) is 6.49. The van der Waals surface area contributed by atoms with E-state index in [0.717, 1.165) is 57.8 Å². The van der Waals surface area contributed by atoms with Crippen molar-refractivity contribution in [3.05, 3.63) is 24.3 Å². The molecule has 0 aromatic heterocycles. The Bertz CT molecular complexity index is 774. The fourth-order valence-electron chi connectivity index (χ4n) is 5.37. The molecule has 0 rings (SSSR count). The monoisotopic (exact) mass is 663 g/mol. The number of hydrogen-bond acceptors (Lipinski definition) is 6. The second-order valence-corrected chi connectivity index (χ2v) is 13.2. The SMILES string of the molecule is CCCC/C=C\CCCCCCCC(=O)OCC(COC(=O)CCCCCCCCCCC)OC(=O)CCC/C=C\CCCCCC. The maximum Gasteiger partial charge on any atom is 0.306 e. The lowest BCUT2D eigenvalue weighted by atomic mass is 10.1. The molecular weight excluding hydrogens is 588 g/mol. The van der Waals surface area contributed by atoms with Crippen LogP contribution in [-0.4, -0.2) is 37.2 Å². The van der Waals surface area contributed by atoms with Gasteiger partial charge in [0.2, 0.25) is 0 Å². The highest BCUT2D eigenvalue weighted by atomic mass is 16.6. The summed E-state index contributed by atoms with van der Waals surface area (Å²) in [6, 6.07) is 0. The summed E-state index contributed by atoms with van der Waals surface area (Å²) in [7, 11) is 0. The number of rotatable bonds is 35. The van der Waals surface area contributed by atoms with Crippen molar-refractivity contribution in [3.63, 3.8) is 0 Å². The van der Waals surface area contributed by atoms with E-state index in [0.29, 0.717) is 19.3 Å². The van der Waals surface area contributed by atoms with Crippen LogP contribution in [0.25, 0.3) is 0 Å². The Balaban J connectivity index is 4.40. The van der Waals surface area contributed by atoms with Gasteiger partial charge in [0.05, 0.1) is 0 Å². The van der Waals surface area contributed by atoms with Crippen LogP contribution in [0.4, 0.5) is 0 Å². The molecule has 0 fully saturated rings. The molecule has 0 spiro atoms. The van der Waals surface area contributed by atoms with Crippen LogP contribution in [0.15, 0.2) is 24.3 Å². The summed E-state index contributed by atoms with van der Waals surface area (Å²) in [6.07, 6.45) is 37.4. The minimum absolute atomic E-state index is 0.0835. The topological polar surface area (TPSA) is 78.9 Å². The minimum atomic E-state index is -0.780. The first-order valence-electron chi connectivity index (χ1n) is 19.8. The molecule has 0 aromatic carbocycles. The Morgan fingerprint density at radius 1 is 0.404 bits per heavy atom. The number of carbonyl (C=O) groups excluding carboxylic acids is 3. The van der Waals surface area contributed by atoms with Crippen molar-refractivity contribution >= 4 is 17.9 Å². The Hall–Kier alpha value is -2.11. The molecule has 0 aliphatic rings. The van der Waals surface area contributed by atoms with Crippen molar-refractivity contribution in [1.82, 2.24) is 0 Å². The van der Waals surface area contributed by atoms with Crippen molar-refractivity contribution in [1.29, 1.82) is 0 Å². The molecule has 0 saturated carbocycles. The van der Waals surface area contributed by atoms with E-state index in [2.05, 4.69) is 45.1 Å². The van der Waals surface area contributed by atoms with Crippen LogP contribution < -0.4 is 0 Å². The van der Waals surface area contributed by atoms with E-state index in [1.807, 2.05) is 0 Å². The second kappa shape index (κ2) is 36.7. The quantitative estimate of drug-likeness (QED) is 0.0291. The lowest BCUT2D eigenvalue weighted by molar-refractivity contribution is -0.167. The molecule has 6 nitrogen and oxygen atoms in total. The summed E-state index contributed by atoms with van der Waals surface area (Å²) in [5.41, 5.74) is 0. The summed E-state index contributed by atoms with van der Waals surface area (Å²) in [4.78, 5) is 37.3. The van der Waals surface area contributed by atoms with Gasteiger partial charge < -0.3 is 14.2 Å². The van der Waals surface area contributed by atoms with Gasteiger partial charge >= 0.3 is 17.9 Å². The van der Waals surface area contributed by atoms with E-state index in [9.17, 15) is 14.4 Å². The lowest BCUT2D eigenvalue weighted by Gasteiger charge is -2.18. The van der Waals surface area contributed by atoms with Crippen molar-refractivity contribution in [2.24, 2.45) is 0 Å². The van der Waals surface area contributed by atoms with Gasteiger partial charge in [0.1, 0.15) is 13.2 Å². The first-order chi connectivity index (χ1) is 23.0. The predicted octanol–water partition coefficient (Wildman–Crippen LogP) is 12.1. The van der Waals surface area contributed by atoms with Crippen LogP contribution in [0.3, 0.4) is 0 Å². The van der Waals surface area contributed by atoms with E-state index in [-0.39, 0.29) is 37.5 Å². The summed E-state index contributed by atoms with van der Waals surface area (Å²) in [5.74, 6) is -0.937. The fraction of sp³-hybridized carbons (Fsp3) is 0.829. The number of esters is 3. The normalized spacial score (nSPS) is 12.1. The van der Waals surface area contributed by atoms with Crippen LogP contribution in [0.1, 0.15) is 201 Å². The number of unbranched alkanes of at least 4 members (excludes halogenated alkanes) is 20. The first kappa shape index (κ1) is 44.9. The van der Waals surface area contributed by atoms with Gasteiger partial charge in [-0.3, -0.25) is 14.4 Å². The third-order valence-electron chi connectivity index (χ3n) is 8.43. The molecule has 1 atom stereocenters. The van der Waals surface area contributed by atoms with E-state index >= 15 is 0 Å². The fourth-order valence-corrected chi connectivity index (χ4v) is 5.37. The highest BCUT2D eigenvalue weighted by Crippen LogP contribution is 2.13. The molecular formula is C41H74O6. The second-order valence-electron chi connectivity index (χ2n) is 13.2. The number of carbonyl (C=O) groups is 3. The average molecular weight is 663 g/mol. The third kappa shape index (κ3) is 35.0. The molecule has 0 aliphatic carbocycles. The molecule has 0 aliphatic heterocycles. The molecule has 0 saturated heterocycles. The van der Waals surface area contributed by atoms with Gasteiger partial charge in [0.25, 0.3) is 0 Å². The van der Waals surface area contributed by atoms with Gasteiger partial charge in [0.15, 0.2) is 6.10 Å². The largest absolute Gasteiger partial charge is 0.462 e. The summed E-state index contributed by atoms with van der Waals surface area (Å²) in [5, 5.41) is 0. The van der Waals surface area contributed by atoms with Crippen LogP contribution in [0, 0.1) is 0 Å². The van der Waals surface area contributed by atoms with Gasteiger partial charge in [0, 0.05) is 19.3 Å². The molecule has 0 aromatic rings. The summed E-state index contributed by atoms with van der Waals surface area (Å²) < 4.78 is 16.5. The zero-order valence-corrected chi connectivity index (χ0v) is 31.0. The standard InChI is InChI=1S/C41H74O6/c1-4-7-10-13-16-19-20-23-25-28-31-34-40(43)46-37-38(47-41(44)35-32-29-26-22-18-15-12-9-6-3)36-45-39(42)33-30-27-24-21-17-14-11-8-5-2/h13,16,22,26,38H,4-12,14-15,17-21,23-25,27-37H2,1-3H3/b16-13-,26-22-. The first-order valence-corrected chi connectivity index (χ1v) is 19.8. The van der Waals surface area contributed by atoms with E-state index in [1.54, 1.807) is 0 Å². The molecule has 0 radical (unpaired) electrons. The van der Waals surface area contributed by atoms with E-state index in [1.165, 1.54) is 96.3 Å². The number of ether oxygens (including phenoxy) is 3. The molecule has 0 heterocycles. The third-order valence-corrected chi connectivity index (χ3v) is 8.43. The van der Waals surface area contributed by atoms with Crippen molar-refractivity contribution < 1.29 is 28.6 Å². The number of allylic oxidation sites excluding steroid dienone is 4. The molecule has 6 heteroatoms. The van der Waals surface area contributed by atoms with E-state index in [4.69, 9.17) is 14.2 Å². The molecule has 274 valence electrons.